The molecule has 0 amide bonds. The van der Waals surface area contributed by atoms with Crippen molar-refractivity contribution in [2.45, 2.75) is 24.8 Å². The van der Waals surface area contributed by atoms with E-state index in [0.717, 1.165) is 16.4 Å². The second kappa shape index (κ2) is 5.21. The zero-order valence-corrected chi connectivity index (χ0v) is 11.3. The van der Waals surface area contributed by atoms with Crippen molar-refractivity contribution < 1.29 is 17.9 Å². The molecule has 1 aromatic rings. The van der Waals surface area contributed by atoms with Gasteiger partial charge in [-0.2, -0.15) is 4.31 Å². The molecular weight excluding hydrogens is 259 g/mol. The average Bonchev–Trinajstić information content (AvgIpc) is 2.22. The molecule has 0 bridgehead atoms. The summed E-state index contributed by atoms with van der Waals surface area (Å²) in [6, 6.07) is 2.18. The minimum atomic E-state index is -3.78. The Bertz CT molecular complexity index is 543. The van der Waals surface area contributed by atoms with E-state index in [1.165, 1.54) is 20.9 Å². The lowest BCUT2D eigenvalue weighted by molar-refractivity contribution is 0.171. The molecule has 0 spiro atoms. The lowest BCUT2D eigenvalue weighted by atomic mass is 10.2. The first-order chi connectivity index (χ1) is 8.16. The molecule has 0 fully saturated rings. The smallest absolute Gasteiger partial charge is 0.243 e. The molecule has 0 saturated carbocycles. The van der Waals surface area contributed by atoms with Crippen molar-refractivity contribution >= 4 is 15.7 Å². The average molecular weight is 276 g/mol. The van der Waals surface area contributed by atoms with Crippen molar-refractivity contribution in [2.75, 3.05) is 19.3 Å². The van der Waals surface area contributed by atoms with Crippen molar-refractivity contribution in [3.8, 4) is 0 Å². The number of anilines is 1. The van der Waals surface area contributed by atoms with Crippen molar-refractivity contribution in [3.63, 3.8) is 0 Å². The molecule has 18 heavy (non-hydrogen) atoms. The van der Waals surface area contributed by atoms with Crippen LogP contribution in [-0.4, -0.2) is 37.5 Å². The largest absolute Gasteiger partial charge is 0.396 e. The molecule has 1 unspecified atom stereocenters. The minimum absolute atomic E-state index is 0.0426. The number of aryl methyl sites for hydroxylation is 1. The van der Waals surface area contributed by atoms with Gasteiger partial charge in [-0.3, -0.25) is 0 Å². The summed E-state index contributed by atoms with van der Waals surface area (Å²) < 4.78 is 38.6. The molecule has 5 nitrogen and oxygen atoms in total. The van der Waals surface area contributed by atoms with Crippen molar-refractivity contribution in [3.05, 3.63) is 23.5 Å². The van der Waals surface area contributed by atoms with Crippen LogP contribution in [0.2, 0.25) is 0 Å². The summed E-state index contributed by atoms with van der Waals surface area (Å²) in [6.07, 6.45) is -0.789. The van der Waals surface area contributed by atoms with Gasteiger partial charge in [0.2, 0.25) is 10.0 Å². The van der Waals surface area contributed by atoms with E-state index in [0.29, 0.717) is 0 Å². The number of hydrogen-bond donors (Lipinski definition) is 2. The molecule has 0 aliphatic carbocycles. The Morgan fingerprint density at radius 2 is 2.06 bits per heavy atom. The van der Waals surface area contributed by atoms with Crippen LogP contribution in [0.1, 0.15) is 12.5 Å². The molecule has 0 aliphatic rings. The zero-order chi connectivity index (χ0) is 14.1. The van der Waals surface area contributed by atoms with Crippen LogP contribution in [-0.2, 0) is 10.0 Å². The number of nitrogen functional groups attached to an aromatic ring is 1. The maximum absolute atomic E-state index is 13.2. The van der Waals surface area contributed by atoms with Crippen molar-refractivity contribution in [1.29, 1.82) is 0 Å². The number of nitrogens with two attached hydrogens (primary N) is 1. The maximum Gasteiger partial charge on any atom is 0.243 e. The summed E-state index contributed by atoms with van der Waals surface area (Å²) in [4.78, 5) is -0.0513. The van der Waals surface area contributed by atoms with Gasteiger partial charge in [-0.05, 0) is 31.5 Å². The number of likely N-dealkylation sites (N-methyl/N-ethyl adjacent to an activating group) is 1. The standard InChI is InChI=1S/C11H17FN2O3S/c1-7-4-9(12)10(13)5-11(7)18(16,17)14(3)6-8(2)15/h4-5,8,15H,6,13H2,1-3H3. The van der Waals surface area contributed by atoms with Gasteiger partial charge in [0.15, 0.2) is 0 Å². The van der Waals surface area contributed by atoms with Gasteiger partial charge >= 0.3 is 0 Å². The molecule has 0 aromatic heterocycles. The van der Waals surface area contributed by atoms with Crippen LogP contribution in [0.25, 0.3) is 0 Å². The van der Waals surface area contributed by atoms with E-state index in [-0.39, 0.29) is 22.7 Å². The Kier molecular flexibility index (Phi) is 4.31. The van der Waals surface area contributed by atoms with Gasteiger partial charge in [0.1, 0.15) is 5.82 Å². The highest BCUT2D eigenvalue weighted by molar-refractivity contribution is 7.89. The highest BCUT2D eigenvalue weighted by atomic mass is 32.2. The second-order valence-corrected chi connectivity index (χ2v) is 6.29. The summed E-state index contributed by atoms with van der Waals surface area (Å²) in [5.41, 5.74) is 5.44. The molecule has 7 heteroatoms. The van der Waals surface area contributed by atoms with Crippen LogP contribution >= 0.6 is 0 Å². The lowest BCUT2D eigenvalue weighted by Gasteiger charge is -2.20. The fourth-order valence-corrected chi connectivity index (χ4v) is 3.07. The highest BCUT2D eigenvalue weighted by Crippen LogP contribution is 2.24. The topological polar surface area (TPSA) is 83.6 Å². The maximum atomic E-state index is 13.2. The first kappa shape index (κ1) is 14.9. The number of benzene rings is 1. The summed E-state index contributed by atoms with van der Waals surface area (Å²) in [6.45, 7) is 2.93. The summed E-state index contributed by atoms with van der Waals surface area (Å²) >= 11 is 0. The Balaban J connectivity index is 3.24. The quantitative estimate of drug-likeness (QED) is 0.794. The molecule has 1 atom stereocenters. The fraction of sp³-hybridized carbons (Fsp3) is 0.455. The van der Waals surface area contributed by atoms with E-state index in [1.807, 2.05) is 0 Å². The van der Waals surface area contributed by atoms with Crippen LogP contribution in [0.15, 0.2) is 17.0 Å². The van der Waals surface area contributed by atoms with Crippen molar-refractivity contribution in [2.24, 2.45) is 0 Å². The molecule has 0 heterocycles. The van der Waals surface area contributed by atoms with Gasteiger partial charge in [0.25, 0.3) is 0 Å². The molecule has 3 N–H and O–H groups in total. The molecule has 102 valence electrons. The van der Waals surface area contributed by atoms with E-state index in [1.54, 1.807) is 0 Å². The first-order valence-electron chi connectivity index (χ1n) is 5.36. The SMILES string of the molecule is Cc1cc(F)c(N)cc1S(=O)(=O)N(C)CC(C)O. The van der Waals surface area contributed by atoms with Gasteiger partial charge in [-0.25, -0.2) is 12.8 Å². The minimum Gasteiger partial charge on any atom is -0.396 e. The van der Waals surface area contributed by atoms with Crippen LogP contribution in [0.5, 0.6) is 0 Å². The van der Waals surface area contributed by atoms with E-state index < -0.39 is 21.9 Å². The number of halogens is 1. The Morgan fingerprint density at radius 1 is 1.50 bits per heavy atom. The monoisotopic (exact) mass is 276 g/mol. The number of hydrogen-bond acceptors (Lipinski definition) is 4. The van der Waals surface area contributed by atoms with Crippen LogP contribution in [0.3, 0.4) is 0 Å². The van der Waals surface area contributed by atoms with E-state index in [4.69, 9.17) is 5.73 Å². The Labute approximate surface area is 106 Å². The second-order valence-electron chi connectivity index (χ2n) is 4.27. The molecule has 0 radical (unpaired) electrons. The molecule has 0 aliphatic heterocycles. The number of aliphatic hydroxyl groups excluding tert-OH is 1. The predicted octanol–water partition coefficient (Wildman–Crippen LogP) is 0.718. The summed E-state index contributed by atoms with van der Waals surface area (Å²) in [7, 11) is -2.43. The number of sulfonamides is 1. The van der Waals surface area contributed by atoms with Gasteiger partial charge < -0.3 is 10.8 Å². The summed E-state index contributed by atoms with van der Waals surface area (Å²) in [5.74, 6) is -0.648. The Morgan fingerprint density at radius 3 is 2.56 bits per heavy atom. The zero-order valence-electron chi connectivity index (χ0n) is 10.5. The summed E-state index contributed by atoms with van der Waals surface area (Å²) in [5, 5.41) is 9.21. The van der Waals surface area contributed by atoms with Gasteiger partial charge in [0, 0.05) is 13.6 Å². The number of aliphatic hydroxyl groups is 1. The van der Waals surface area contributed by atoms with E-state index >= 15 is 0 Å². The first-order valence-corrected chi connectivity index (χ1v) is 6.80. The molecule has 1 rings (SSSR count). The normalized spacial score (nSPS) is 13.9. The Hall–Kier alpha value is -1.18. The lowest BCUT2D eigenvalue weighted by Crippen LogP contribution is -2.33. The van der Waals surface area contributed by atoms with E-state index in [2.05, 4.69) is 0 Å². The van der Waals surface area contributed by atoms with Crippen LogP contribution in [0.4, 0.5) is 10.1 Å². The molecular formula is C11H17FN2O3S. The molecule has 0 saturated heterocycles. The third kappa shape index (κ3) is 2.98. The van der Waals surface area contributed by atoms with Crippen LogP contribution < -0.4 is 5.73 Å². The van der Waals surface area contributed by atoms with Gasteiger partial charge in [-0.1, -0.05) is 0 Å². The van der Waals surface area contributed by atoms with Crippen molar-refractivity contribution in [1.82, 2.24) is 4.31 Å². The third-order valence-electron chi connectivity index (χ3n) is 2.50. The van der Waals surface area contributed by atoms with E-state index in [9.17, 15) is 17.9 Å². The fourth-order valence-electron chi connectivity index (χ4n) is 1.58. The predicted molar refractivity (Wildman–Crippen MR) is 67.0 cm³/mol. The number of nitrogens with zero attached hydrogens (tertiary/aromatic N) is 1. The highest BCUT2D eigenvalue weighted by Gasteiger charge is 2.24. The van der Waals surface area contributed by atoms with Gasteiger partial charge in [0.05, 0.1) is 16.7 Å². The van der Waals surface area contributed by atoms with Crippen LogP contribution in [0, 0.1) is 12.7 Å². The molecule has 1 aromatic carbocycles. The van der Waals surface area contributed by atoms with Gasteiger partial charge in [-0.15, -0.1) is 0 Å². The number of rotatable bonds is 4. The third-order valence-corrected chi connectivity index (χ3v) is 4.47.